The van der Waals surface area contributed by atoms with Crippen molar-refractivity contribution in [3.63, 3.8) is 0 Å². The number of esters is 1. The zero-order chi connectivity index (χ0) is 19.3. The molecular formula is C17H16O8S. The molecule has 0 aliphatic rings. The fraction of sp³-hybridized carbons (Fsp3) is 0.176. The SMILES string of the molecule is COC(=O)c1ccc(S(=O)(=O)CCOc2ccc(O)c(C(=O)O)c2)cc1. The maximum Gasteiger partial charge on any atom is 0.339 e. The number of hydrogen-bond donors (Lipinski definition) is 2. The quantitative estimate of drug-likeness (QED) is 0.695. The van der Waals surface area contributed by atoms with Crippen LogP contribution in [0.15, 0.2) is 47.4 Å². The van der Waals surface area contributed by atoms with Gasteiger partial charge >= 0.3 is 11.9 Å². The number of sulfone groups is 1. The third-order valence-corrected chi connectivity index (χ3v) is 5.15. The maximum absolute atomic E-state index is 12.3. The molecule has 0 radical (unpaired) electrons. The Bertz CT molecular complexity index is 916. The van der Waals surface area contributed by atoms with Crippen molar-refractivity contribution in [2.24, 2.45) is 0 Å². The van der Waals surface area contributed by atoms with Crippen molar-refractivity contribution in [2.45, 2.75) is 4.90 Å². The van der Waals surface area contributed by atoms with E-state index < -0.39 is 27.5 Å². The predicted octanol–water partition coefficient (Wildman–Crippen LogP) is 1.73. The minimum absolute atomic E-state index is 0.0192. The van der Waals surface area contributed by atoms with Crippen LogP contribution in [0.25, 0.3) is 0 Å². The summed E-state index contributed by atoms with van der Waals surface area (Å²) < 4.78 is 34.3. The van der Waals surface area contributed by atoms with Crippen molar-refractivity contribution in [3.8, 4) is 11.5 Å². The zero-order valence-corrected chi connectivity index (χ0v) is 14.5. The molecule has 2 aromatic carbocycles. The summed E-state index contributed by atoms with van der Waals surface area (Å²) in [6.45, 7) is -0.217. The standard InChI is InChI=1S/C17H16O8S/c1-24-17(21)11-2-5-13(6-3-11)26(22,23)9-8-25-12-4-7-15(18)14(10-12)16(19)20/h2-7,10,18H,8-9H2,1H3,(H,19,20). The number of carboxylic acids is 1. The number of carbonyl (C=O) groups is 2. The van der Waals surface area contributed by atoms with Crippen LogP contribution in [0.2, 0.25) is 0 Å². The molecule has 0 bridgehead atoms. The summed E-state index contributed by atoms with van der Waals surface area (Å²) in [5, 5.41) is 18.4. The normalized spacial score (nSPS) is 11.0. The third-order valence-electron chi connectivity index (χ3n) is 3.45. The fourth-order valence-corrected chi connectivity index (χ4v) is 3.17. The number of aromatic hydroxyl groups is 1. The van der Waals surface area contributed by atoms with Crippen LogP contribution in [0.5, 0.6) is 11.5 Å². The molecule has 0 amide bonds. The summed E-state index contributed by atoms with van der Waals surface area (Å²) in [7, 11) is -2.43. The first-order valence-corrected chi connectivity index (χ1v) is 9.00. The van der Waals surface area contributed by atoms with Gasteiger partial charge in [-0.05, 0) is 42.5 Å². The number of methoxy groups -OCH3 is 1. The van der Waals surface area contributed by atoms with E-state index in [0.717, 1.165) is 12.1 Å². The summed E-state index contributed by atoms with van der Waals surface area (Å²) in [6.07, 6.45) is 0. The lowest BCUT2D eigenvalue weighted by molar-refractivity contribution is 0.0599. The molecule has 8 nitrogen and oxygen atoms in total. The van der Waals surface area contributed by atoms with Crippen LogP contribution in [0.3, 0.4) is 0 Å². The molecule has 9 heteroatoms. The van der Waals surface area contributed by atoms with Crippen molar-refractivity contribution < 1.29 is 37.7 Å². The van der Waals surface area contributed by atoms with Gasteiger partial charge in [-0.3, -0.25) is 0 Å². The molecule has 0 spiro atoms. The zero-order valence-electron chi connectivity index (χ0n) is 13.7. The van der Waals surface area contributed by atoms with Crippen molar-refractivity contribution >= 4 is 21.8 Å². The second-order valence-corrected chi connectivity index (χ2v) is 7.28. The van der Waals surface area contributed by atoms with Gasteiger partial charge in [-0.1, -0.05) is 0 Å². The lowest BCUT2D eigenvalue weighted by atomic mass is 10.2. The van der Waals surface area contributed by atoms with Gasteiger partial charge in [0.1, 0.15) is 23.7 Å². The van der Waals surface area contributed by atoms with E-state index in [4.69, 9.17) is 9.84 Å². The Morgan fingerprint density at radius 2 is 1.73 bits per heavy atom. The number of ether oxygens (including phenoxy) is 2. The lowest BCUT2D eigenvalue weighted by Crippen LogP contribution is -2.14. The fourth-order valence-electron chi connectivity index (χ4n) is 2.08. The topological polar surface area (TPSA) is 127 Å². The van der Waals surface area contributed by atoms with Crippen LogP contribution in [0, 0.1) is 0 Å². The first-order valence-electron chi connectivity index (χ1n) is 7.35. The number of carboxylic acid groups (broad SMARTS) is 1. The highest BCUT2D eigenvalue weighted by molar-refractivity contribution is 7.91. The summed E-state index contributed by atoms with van der Waals surface area (Å²) in [4.78, 5) is 22.3. The Hall–Kier alpha value is -3.07. The van der Waals surface area contributed by atoms with Gasteiger partial charge in [-0.2, -0.15) is 0 Å². The summed E-state index contributed by atoms with van der Waals surface area (Å²) in [6, 6.07) is 8.88. The second-order valence-electron chi connectivity index (χ2n) is 5.17. The highest BCUT2D eigenvalue weighted by Crippen LogP contribution is 2.23. The Morgan fingerprint density at radius 3 is 2.31 bits per heavy atom. The molecule has 2 N–H and O–H groups in total. The monoisotopic (exact) mass is 380 g/mol. The maximum atomic E-state index is 12.3. The van der Waals surface area contributed by atoms with E-state index in [1.807, 2.05) is 0 Å². The van der Waals surface area contributed by atoms with E-state index in [1.165, 1.54) is 37.4 Å². The van der Waals surface area contributed by atoms with Gasteiger partial charge in [-0.15, -0.1) is 0 Å². The molecule has 0 saturated carbocycles. The average molecular weight is 380 g/mol. The molecule has 0 heterocycles. The van der Waals surface area contributed by atoms with E-state index in [9.17, 15) is 23.1 Å². The predicted molar refractivity (Wildman–Crippen MR) is 90.4 cm³/mol. The molecule has 0 aromatic heterocycles. The van der Waals surface area contributed by atoms with E-state index in [2.05, 4.69) is 4.74 Å². The van der Waals surface area contributed by atoms with Crippen molar-refractivity contribution in [1.82, 2.24) is 0 Å². The molecule has 26 heavy (non-hydrogen) atoms. The number of carbonyl (C=O) groups excluding carboxylic acids is 1. The van der Waals surface area contributed by atoms with Crippen LogP contribution in [-0.4, -0.2) is 50.0 Å². The average Bonchev–Trinajstić information content (AvgIpc) is 2.62. The summed E-state index contributed by atoms with van der Waals surface area (Å²) in [5.41, 5.74) is -0.114. The minimum Gasteiger partial charge on any atom is -0.507 e. The Kier molecular flexibility index (Phi) is 5.83. The van der Waals surface area contributed by atoms with Gasteiger partial charge in [0.25, 0.3) is 0 Å². The number of rotatable bonds is 7. The van der Waals surface area contributed by atoms with Crippen molar-refractivity contribution in [2.75, 3.05) is 19.5 Å². The highest BCUT2D eigenvalue weighted by atomic mass is 32.2. The molecule has 138 valence electrons. The molecule has 0 unspecified atom stereocenters. The largest absolute Gasteiger partial charge is 0.507 e. The summed E-state index contributed by atoms with van der Waals surface area (Å²) >= 11 is 0. The minimum atomic E-state index is -3.66. The third kappa shape index (κ3) is 4.51. The van der Waals surface area contributed by atoms with Gasteiger partial charge < -0.3 is 19.7 Å². The number of phenols is 1. The number of aromatic carboxylic acids is 1. The smallest absolute Gasteiger partial charge is 0.339 e. The van der Waals surface area contributed by atoms with E-state index in [1.54, 1.807) is 0 Å². The van der Waals surface area contributed by atoms with Crippen molar-refractivity contribution in [1.29, 1.82) is 0 Å². The molecule has 0 saturated heterocycles. The Labute approximate surface area is 149 Å². The lowest BCUT2D eigenvalue weighted by Gasteiger charge is -2.09. The van der Waals surface area contributed by atoms with Gasteiger partial charge in [0.05, 0.1) is 23.3 Å². The number of benzene rings is 2. The van der Waals surface area contributed by atoms with Crippen LogP contribution in [0.1, 0.15) is 20.7 Å². The summed E-state index contributed by atoms with van der Waals surface area (Å²) in [5.74, 6) is -2.54. The van der Waals surface area contributed by atoms with Crippen molar-refractivity contribution in [3.05, 3.63) is 53.6 Å². The second kappa shape index (κ2) is 7.87. The van der Waals surface area contributed by atoms with Gasteiger partial charge in [0.2, 0.25) is 0 Å². The molecular weight excluding hydrogens is 364 g/mol. The Morgan fingerprint density at radius 1 is 1.08 bits per heavy atom. The molecule has 0 aliphatic heterocycles. The highest BCUT2D eigenvalue weighted by Gasteiger charge is 2.16. The van der Waals surface area contributed by atoms with E-state index >= 15 is 0 Å². The molecule has 0 atom stereocenters. The van der Waals surface area contributed by atoms with E-state index in [-0.39, 0.29) is 34.1 Å². The van der Waals surface area contributed by atoms with Gasteiger partial charge in [-0.25, -0.2) is 18.0 Å². The molecule has 2 aromatic rings. The first kappa shape index (κ1) is 19.3. The molecule has 0 fully saturated rings. The van der Waals surface area contributed by atoms with E-state index in [0.29, 0.717) is 0 Å². The van der Waals surface area contributed by atoms with Crippen LogP contribution in [0.4, 0.5) is 0 Å². The van der Waals surface area contributed by atoms with Crippen LogP contribution >= 0.6 is 0 Å². The van der Waals surface area contributed by atoms with Gasteiger partial charge in [0.15, 0.2) is 9.84 Å². The van der Waals surface area contributed by atoms with Crippen LogP contribution < -0.4 is 4.74 Å². The number of hydrogen-bond acceptors (Lipinski definition) is 7. The Balaban J connectivity index is 2.03. The van der Waals surface area contributed by atoms with Crippen LogP contribution in [-0.2, 0) is 14.6 Å². The molecule has 2 rings (SSSR count). The first-order chi connectivity index (χ1) is 12.2. The van der Waals surface area contributed by atoms with Gasteiger partial charge in [0, 0.05) is 0 Å². The molecule has 0 aliphatic carbocycles.